The first-order valence-electron chi connectivity index (χ1n) is 8.41. The van der Waals surface area contributed by atoms with E-state index in [4.69, 9.17) is 27.9 Å². The van der Waals surface area contributed by atoms with E-state index >= 15 is 0 Å². The molecule has 1 aliphatic rings. The molecule has 0 atom stereocenters. The number of nitrogens with zero attached hydrogens (tertiary/aromatic N) is 2. The molecule has 0 unspecified atom stereocenters. The minimum Gasteiger partial charge on any atom is -0.495 e. The summed E-state index contributed by atoms with van der Waals surface area (Å²) < 4.78 is 5.17. The summed E-state index contributed by atoms with van der Waals surface area (Å²) in [6.07, 6.45) is 2.67. The lowest BCUT2D eigenvalue weighted by Crippen LogP contribution is -2.29. The number of benzene rings is 2. The third-order valence-corrected chi connectivity index (χ3v) is 5.41. The van der Waals surface area contributed by atoms with Crippen LogP contribution in [0.2, 0.25) is 10.0 Å². The van der Waals surface area contributed by atoms with E-state index in [9.17, 15) is 4.79 Å². The van der Waals surface area contributed by atoms with Crippen molar-refractivity contribution in [1.29, 1.82) is 0 Å². The van der Waals surface area contributed by atoms with Crippen molar-refractivity contribution in [2.45, 2.75) is 13.3 Å². The largest absolute Gasteiger partial charge is 0.495 e. The Morgan fingerprint density at radius 3 is 2.56 bits per heavy atom. The third-order valence-electron chi connectivity index (χ3n) is 3.86. The van der Waals surface area contributed by atoms with E-state index in [1.807, 2.05) is 31.2 Å². The number of thioether (sulfide) groups is 1. The molecule has 1 heterocycles. The summed E-state index contributed by atoms with van der Waals surface area (Å²) in [4.78, 5) is 19.8. The molecule has 0 aliphatic carbocycles. The lowest BCUT2D eigenvalue weighted by molar-refractivity contribution is -0.122. The summed E-state index contributed by atoms with van der Waals surface area (Å²) in [7, 11) is 1.57. The minimum absolute atomic E-state index is 0.0542. The average Bonchev–Trinajstić information content (AvgIpc) is 2.93. The molecule has 2 aromatic carbocycles. The van der Waals surface area contributed by atoms with Gasteiger partial charge in [-0.3, -0.25) is 9.69 Å². The van der Waals surface area contributed by atoms with Gasteiger partial charge < -0.3 is 4.74 Å². The number of hydrogen-bond donors (Lipinski definition) is 0. The smallest absolute Gasteiger partial charge is 0.266 e. The normalized spacial score (nSPS) is 17.2. The molecule has 0 spiro atoms. The van der Waals surface area contributed by atoms with Gasteiger partial charge in [-0.1, -0.05) is 36.2 Å². The van der Waals surface area contributed by atoms with Crippen LogP contribution in [-0.4, -0.2) is 29.6 Å². The van der Waals surface area contributed by atoms with Crippen molar-refractivity contribution >= 4 is 57.8 Å². The van der Waals surface area contributed by atoms with Gasteiger partial charge in [-0.15, -0.1) is 0 Å². The topological polar surface area (TPSA) is 41.9 Å². The fourth-order valence-corrected chi connectivity index (χ4v) is 3.98. The van der Waals surface area contributed by atoms with Gasteiger partial charge in [0.1, 0.15) is 5.75 Å². The molecule has 3 rings (SSSR count). The molecule has 0 bridgehead atoms. The molecule has 1 saturated heterocycles. The summed E-state index contributed by atoms with van der Waals surface area (Å²) in [6, 6.07) is 12.6. The van der Waals surface area contributed by atoms with Crippen molar-refractivity contribution in [3.05, 3.63) is 63.0 Å². The molecule has 0 radical (unpaired) electrons. The first-order chi connectivity index (χ1) is 13.0. The Labute approximate surface area is 172 Å². The van der Waals surface area contributed by atoms with Crippen LogP contribution in [0, 0.1) is 0 Å². The minimum atomic E-state index is -0.0542. The van der Waals surface area contributed by atoms with E-state index in [1.165, 1.54) is 11.8 Å². The Hall–Kier alpha value is -1.95. The van der Waals surface area contributed by atoms with Crippen LogP contribution in [0.4, 0.5) is 5.69 Å². The van der Waals surface area contributed by atoms with Crippen LogP contribution in [0.3, 0.4) is 0 Å². The SMILES string of the molecule is CCCN1C(=O)/C(=C/c2ccc(OC)c(Cl)c2)SC1=Nc1ccc(Cl)cc1. The van der Waals surface area contributed by atoms with Gasteiger partial charge in [0.25, 0.3) is 5.91 Å². The van der Waals surface area contributed by atoms with Gasteiger partial charge in [0.05, 0.1) is 22.7 Å². The predicted molar refractivity (Wildman–Crippen MR) is 114 cm³/mol. The molecule has 1 fully saturated rings. The summed E-state index contributed by atoms with van der Waals surface area (Å²) >= 11 is 13.5. The van der Waals surface area contributed by atoms with Gasteiger partial charge in [0, 0.05) is 11.6 Å². The lowest BCUT2D eigenvalue weighted by atomic mass is 10.2. The molecule has 27 heavy (non-hydrogen) atoms. The molecule has 4 nitrogen and oxygen atoms in total. The number of carbonyl (C=O) groups is 1. The van der Waals surface area contributed by atoms with Crippen LogP contribution in [0.25, 0.3) is 6.08 Å². The number of amidine groups is 1. The molecule has 0 saturated carbocycles. The molecule has 1 aliphatic heterocycles. The fourth-order valence-electron chi connectivity index (χ4n) is 2.56. The highest BCUT2D eigenvalue weighted by Crippen LogP contribution is 2.35. The molecular weight excluding hydrogens is 403 g/mol. The Morgan fingerprint density at radius 1 is 1.19 bits per heavy atom. The van der Waals surface area contributed by atoms with Gasteiger partial charge in [-0.25, -0.2) is 4.99 Å². The van der Waals surface area contributed by atoms with Gasteiger partial charge in [0.15, 0.2) is 5.17 Å². The summed E-state index contributed by atoms with van der Waals surface area (Å²) in [6.45, 7) is 2.64. The highest BCUT2D eigenvalue weighted by atomic mass is 35.5. The maximum atomic E-state index is 12.8. The van der Waals surface area contributed by atoms with E-state index in [2.05, 4.69) is 4.99 Å². The number of carbonyl (C=O) groups excluding carboxylic acids is 1. The van der Waals surface area contributed by atoms with Crippen LogP contribution in [0.1, 0.15) is 18.9 Å². The van der Waals surface area contributed by atoms with Crippen LogP contribution in [-0.2, 0) is 4.79 Å². The maximum Gasteiger partial charge on any atom is 0.266 e. The summed E-state index contributed by atoms with van der Waals surface area (Å²) in [5.74, 6) is 0.545. The highest BCUT2D eigenvalue weighted by Gasteiger charge is 2.32. The summed E-state index contributed by atoms with van der Waals surface area (Å²) in [5.41, 5.74) is 1.59. The van der Waals surface area contributed by atoms with Crippen molar-refractivity contribution in [2.24, 2.45) is 4.99 Å². The monoisotopic (exact) mass is 420 g/mol. The van der Waals surface area contributed by atoms with Crippen LogP contribution in [0.15, 0.2) is 52.4 Å². The van der Waals surface area contributed by atoms with E-state index in [0.29, 0.717) is 32.4 Å². The number of rotatable bonds is 5. The molecule has 1 amide bonds. The second kappa shape index (κ2) is 8.83. The van der Waals surface area contributed by atoms with Crippen molar-refractivity contribution in [2.75, 3.05) is 13.7 Å². The maximum absolute atomic E-state index is 12.8. The first kappa shape index (κ1) is 19.8. The van der Waals surface area contributed by atoms with Gasteiger partial charge in [0.2, 0.25) is 0 Å². The van der Waals surface area contributed by atoms with Crippen molar-refractivity contribution in [3.8, 4) is 5.75 Å². The Kier molecular flexibility index (Phi) is 6.47. The highest BCUT2D eigenvalue weighted by molar-refractivity contribution is 8.18. The van der Waals surface area contributed by atoms with E-state index in [0.717, 1.165) is 17.7 Å². The molecule has 2 aromatic rings. The van der Waals surface area contributed by atoms with Crippen molar-refractivity contribution in [1.82, 2.24) is 4.90 Å². The van der Waals surface area contributed by atoms with Gasteiger partial charge in [-0.2, -0.15) is 0 Å². The molecular formula is C20H18Cl2N2O2S. The van der Waals surface area contributed by atoms with E-state index < -0.39 is 0 Å². The quantitative estimate of drug-likeness (QED) is 0.555. The Balaban J connectivity index is 1.92. The zero-order valence-corrected chi connectivity index (χ0v) is 17.2. The number of hydrogen-bond acceptors (Lipinski definition) is 4. The third kappa shape index (κ3) is 4.67. The van der Waals surface area contributed by atoms with Crippen molar-refractivity contribution < 1.29 is 9.53 Å². The lowest BCUT2D eigenvalue weighted by Gasteiger charge is -2.13. The number of halogens is 2. The van der Waals surface area contributed by atoms with Crippen LogP contribution >= 0.6 is 35.0 Å². The Bertz CT molecular complexity index is 911. The number of amides is 1. The zero-order valence-electron chi connectivity index (χ0n) is 14.9. The number of aliphatic imine (C=N–C) groups is 1. The molecule has 140 valence electrons. The Morgan fingerprint density at radius 2 is 1.93 bits per heavy atom. The number of ether oxygens (including phenoxy) is 1. The first-order valence-corrected chi connectivity index (χ1v) is 9.98. The van der Waals surface area contributed by atoms with Gasteiger partial charge >= 0.3 is 0 Å². The van der Waals surface area contributed by atoms with E-state index in [1.54, 1.807) is 36.3 Å². The predicted octanol–water partition coefficient (Wildman–Crippen LogP) is 6.02. The van der Waals surface area contributed by atoms with E-state index in [-0.39, 0.29) is 5.91 Å². The fraction of sp³-hybridized carbons (Fsp3) is 0.200. The summed E-state index contributed by atoms with van der Waals surface area (Å²) in [5, 5.41) is 1.81. The zero-order chi connectivity index (χ0) is 19.4. The molecule has 0 N–H and O–H groups in total. The second-order valence-corrected chi connectivity index (χ2v) is 7.68. The average molecular weight is 421 g/mol. The van der Waals surface area contributed by atoms with Crippen LogP contribution < -0.4 is 4.74 Å². The second-order valence-electron chi connectivity index (χ2n) is 5.83. The molecule has 7 heteroatoms. The standard InChI is InChI=1S/C20H18Cl2N2O2S/c1-3-10-24-19(25)18(12-13-4-9-17(26-2)16(22)11-13)27-20(24)23-15-7-5-14(21)6-8-15/h4-9,11-12H,3,10H2,1-2H3/b18-12-,23-20?. The van der Waals surface area contributed by atoms with Crippen molar-refractivity contribution in [3.63, 3.8) is 0 Å². The number of methoxy groups -OCH3 is 1. The van der Waals surface area contributed by atoms with Crippen LogP contribution in [0.5, 0.6) is 5.75 Å². The van der Waals surface area contributed by atoms with Gasteiger partial charge in [-0.05, 0) is 66.2 Å². The molecule has 0 aromatic heterocycles.